The van der Waals surface area contributed by atoms with Crippen LogP contribution in [0.3, 0.4) is 0 Å². The van der Waals surface area contributed by atoms with E-state index in [1.54, 1.807) is 24.3 Å². The second-order valence-electron chi connectivity index (χ2n) is 6.19. The molecule has 1 aliphatic heterocycles. The molecule has 0 saturated carbocycles. The van der Waals surface area contributed by atoms with Crippen LogP contribution in [0.5, 0.6) is 11.5 Å². The number of benzene rings is 2. The Morgan fingerprint density at radius 3 is 2.80 bits per heavy atom. The Kier molecular flexibility index (Phi) is 4.32. The van der Waals surface area contributed by atoms with Crippen molar-refractivity contribution in [3.05, 3.63) is 46.6 Å². The second kappa shape index (κ2) is 6.76. The van der Waals surface area contributed by atoms with E-state index in [1.165, 1.54) is 0 Å². The molecule has 1 unspecified atom stereocenters. The lowest BCUT2D eigenvalue weighted by atomic mass is 10.1. The highest BCUT2D eigenvalue weighted by molar-refractivity contribution is 5.93. The van der Waals surface area contributed by atoms with Crippen LogP contribution in [-0.2, 0) is 4.74 Å². The Morgan fingerprint density at radius 1 is 1.16 bits per heavy atom. The highest BCUT2D eigenvalue weighted by Gasteiger charge is 2.23. The summed E-state index contributed by atoms with van der Waals surface area (Å²) in [5.74, 6) is 1.13. The first kappa shape index (κ1) is 16.0. The van der Waals surface area contributed by atoms with Gasteiger partial charge in [-0.2, -0.15) is 0 Å². The fraction of sp³-hybridized carbons (Fsp3) is 0.350. The van der Waals surface area contributed by atoms with Gasteiger partial charge < -0.3 is 18.6 Å². The van der Waals surface area contributed by atoms with Crippen molar-refractivity contribution in [1.29, 1.82) is 0 Å². The monoisotopic (exact) mass is 340 g/mol. The van der Waals surface area contributed by atoms with Crippen LogP contribution in [0.1, 0.15) is 19.8 Å². The van der Waals surface area contributed by atoms with Gasteiger partial charge in [0.15, 0.2) is 0 Å². The average molecular weight is 340 g/mol. The number of hydrogen-bond donors (Lipinski definition) is 0. The largest absolute Gasteiger partial charge is 0.493 e. The summed E-state index contributed by atoms with van der Waals surface area (Å²) in [5.41, 5.74) is 0.951. The Hall–Kier alpha value is -2.53. The minimum atomic E-state index is -0.0829. The van der Waals surface area contributed by atoms with E-state index in [0.717, 1.165) is 19.4 Å². The van der Waals surface area contributed by atoms with E-state index >= 15 is 0 Å². The van der Waals surface area contributed by atoms with Crippen molar-refractivity contribution in [2.45, 2.75) is 25.9 Å². The van der Waals surface area contributed by atoms with Crippen molar-refractivity contribution in [3.63, 3.8) is 0 Å². The third-order valence-corrected chi connectivity index (χ3v) is 4.21. The molecule has 0 spiro atoms. The molecule has 130 valence electrons. The predicted molar refractivity (Wildman–Crippen MR) is 95.6 cm³/mol. The summed E-state index contributed by atoms with van der Waals surface area (Å²) in [5, 5.41) is 1.01. The van der Waals surface area contributed by atoms with E-state index in [-0.39, 0.29) is 11.5 Å². The highest BCUT2D eigenvalue weighted by atomic mass is 16.6. The summed E-state index contributed by atoms with van der Waals surface area (Å²) in [6.07, 6.45) is 2.09. The molecule has 0 N–H and O–H groups in total. The van der Waals surface area contributed by atoms with Gasteiger partial charge in [-0.15, -0.1) is 0 Å². The first-order chi connectivity index (χ1) is 12.3. The van der Waals surface area contributed by atoms with Gasteiger partial charge in [0.2, 0.25) is 5.43 Å². The van der Waals surface area contributed by atoms with Crippen LogP contribution in [0.15, 0.2) is 45.6 Å². The third-order valence-electron chi connectivity index (χ3n) is 4.21. The number of unbranched alkanes of at least 4 members (excludes halogenated alkanes) is 1. The van der Waals surface area contributed by atoms with Gasteiger partial charge in [0, 0.05) is 12.1 Å². The normalized spacial score (nSPS) is 16.3. The molecular weight excluding hydrogens is 320 g/mol. The molecule has 1 atom stereocenters. The number of fused-ring (bicyclic) bond motifs is 2. The van der Waals surface area contributed by atoms with Crippen molar-refractivity contribution in [2.75, 3.05) is 19.8 Å². The molecule has 1 saturated heterocycles. The van der Waals surface area contributed by atoms with Gasteiger partial charge in [-0.1, -0.05) is 25.5 Å². The number of ether oxygens (including phenoxy) is 3. The molecule has 0 bridgehead atoms. The molecule has 1 fully saturated rings. The lowest BCUT2D eigenvalue weighted by Crippen LogP contribution is -2.08. The molecule has 25 heavy (non-hydrogen) atoms. The van der Waals surface area contributed by atoms with Crippen LogP contribution >= 0.6 is 0 Å². The standard InChI is InChI=1S/C20H20O5/c1-2-3-8-22-17-9-13(23-11-14-12-24-14)10-18-19(17)20(21)15-6-4-5-7-16(15)25-18/h4-7,9-10,14H,2-3,8,11-12H2,1H3. The van der Waals surface area contributed by atoms with Crippen LogP contribution in [0.4, 0.5) is 0 Å². The van der Waals surface area contributed by atoms with E-state index in [0.29, 0.717) is 46.7 Å². The van der Waals surface area contributed by atoms with E-state index < -0.39 is 0 Å². The molecule has 2 aromatic carbocycles. The van der Waals surface area contributed by atoms with Gasteiger partial charge in [-0.25, -0.2) is 0 Å². The quantitative estimate of drug-likeness (QED) is 0.371. The number of epoxide rings is 1. The molecule has 4 rings (SSSR count). The summed E-state index contributed by atoms with van der Waals surface area (Å²) in [6.45, 7) is 3.86. The second-order valence-corrected chi connectivity index (χ2v) is 6.19. The van der Waals surface area contributed by atoms with Crippen LogP contribution in [-0.4, -0.2) is 25.9 Å². The van der Waals surface area contributed by atoms with Crippen molar-refractivity contribution in [2.24, 2.45) is 0 Å². The van der Waals surface area contributed by atoms with Gasteiger partial charge in [0.25, 0.3) is 0 Å². The maximum atomic E-state index is 12.9. The summed E-state index contributed by atoms with van der Waals surface area (Å²) >= 11 is 0. The van der Waals surface area contributed by atoms with Crippen LogP contribution in [0.2, 0.25) is 0 Å². The molecule has 5 heteroatoms. The zero-order valence-corrected chi connectivity index (χ0v) is 14.1. The van der Waals surface area contributed by atoms with Crippen LogP contribution in [0.25, 0.3) is 21.9 Å². The zero-order chi connectivity index (χ0) is 17.2. The Labute approximate surface area is 145 Å². The van der Waals surface area contributed by atoms with Crippen molar-refractivity contribution in [3.8, 4) is 11.5 Å². The van der Waals surface area contributed by atoms with Gasteiger partial charge >= 0.3 is 0 Å². The Bertz CT molecular complexity index is 955. The summed E-state index contributed by atoms with van der Waals surface area (Å²) < 4.78 is 22.8. The molecule has 0 amide bonds. The van der Waals surface area contributed by atoms with Crippen LogP contribution < -0.4 is 14.9 Å². The maximum absolute atomic E-state index is 12.9. The van der Waals surface area contributed by atoms with Gasteiger partial charge in [-0.05, 0) is 18.6 Å². The van der Waals surface area contributed by atoms with E-state index in [4.69, 9.17) is 18.6 Å². The van der Waals surface area contributed by atoms with Crippen molar-refractivity contribution < 1.29 is 18.6 Å². The lowest BCUT2D eigenvalue weighted by Gasteiger charge is -2.12. The van der Waals surface area contributed by atoms with Crippen molar-refractivity contribution >= 4 is 21.9 Å². The molecule has 1 aromatic heterocycles. The van der Waals surface area contributed by atoms with E-state index in [9.17, 15) is 4.79 Å². The first-order valence-corrected chi connectivity index (χ1v) is 8.63. The average Bonchev–Trinajstić information content (AvgIpc) is 3.44. The summed E-state index contributed by atoms with van der Waals surface area (Å²) in [4.78, 5) is 12.9. The predicted octanol–water partition coefficient (Wildman–Crippen LogP) is 3.90. The minimum Gasteiger partial charge on any atom is -0.493 e. The maximum Gasteiger partial charge on any atom is 0.204 e. The SMILES string of the molecule is CCCCOc1cc(OCC2CO2)cc2oc3ccccc3c(=O)c12. The van der Waals surface area contributed by atoms with Gasteiger partial charge in [-0.3, -0.25) is 4.79 Å². The van der Waals surface area contributed by atoms with Crippen LogP contribution in [0, 0.1) is 0 Å². The third kappa shape index (κ3) is 3.33. The summed E-state index contributed by atoms with van der Waals surface area (Å²) in [6, 6.07) is 10.8. The fourth-order valence-corrected chi connectivity index (χ4v) is 2.74. The Balaban J connectivity index is 1.82. The van der Waals surface area contributed by atoms with Crippen molar-refractivity contribution in [1.82, 2.24) is 0 Å². The molecule has 5 nitrogen and oxygen atoms in total. The Morgan fingerprint density at radius 2 is 2.00 bits per heavy atom. The van der Waals surface area contributed by atoms with E-state index in [1.807, 2.05) is 12.1 Å². The highest BCUT2D eigenvalue weighted by Crippen LogP contribution is 2.32. The van der Waals surface area contributed by atoms with Gasteiger partial charge in [0.1, 0.15) is 40.8 Å². The fourth-order valence-electron chi connectivity index (χ4n) is 2.74. The lowest BCUT2D eigenvalue weighted by molar-refractivity contribution is 0.260. The number of rotatable bonds is 7. The zero-order valence-electron chi connectivity index (χ0n) is 14.1. The summed E-state index contributed by atoms with van der Waals surface area (Å²) in [7, 11) is 0. The first-order valence-electron chi connectivity index (χ1n) is 8.63. The van der Waals surface area contributed by atoms with Gasteiger partial charge in [0.05, 0.1) is 18.6 Å². The molecular formula is C20H20O5. The molecule has 0 radical (unpaired) electrons. The molecule has 3 aromatic rings. The smallest absolute Gasteiger partial charge is 0.204 e. The number of para-hydroxylation sites is 1. The minimum absolute atomic E-state index is 0.0829. The molecule has 0 aliphatic carbocycles. The molecule has 2 heterocycles. The number of hydrogen-bond acceptors (Lipinski definition) is 5. The van der Waals surface area contributed by atoms with E-state index in [2.05, 4.69) is 6.92 Å². The topological polar surface area (TPSA) is 61.2 Å². The molecule has 1 aliphatic rings.